The highest BCUT2D eigenvalue weighted by Crippen LogP contribution is 2.14. The van der Waals surface area contributed by atoms with Crippen LogP contribution in [-0.2, 0) is 19.3 Å². The Morgan fingerprint density at radius 2 is 1.62 bits per heavy atom. The zero-order valence-electron chi connectivity index (χ0n) is 11.7. The van der Waals surface area contributed by atoms with E-state index in [0.29, 0.717) is 6.42 Å². The van der Waals surface area contributed by atoms with Crippen LogP contribution in [0.15, 0.2) is 55.1 Å². The van der Waals surface area contributed by atoms with Crippen LogP contribution in [-0.4, -0.2) is 11.1 Å². The highest BCUT2D eigenvalue weighted by atomic mass is 19.1. The summed E-state index contributed by atoms with van der Waals surface area (Å²) in [5.74, 6) is -1.92. The molecule has 2 aromatic rings. The van der Waals surface area contributed by atoms with Crippen molar-refractivity contribution in [2.24, 2.45) is 0 Å². The van der Waals surface area contributed by atoms with Crippen molar-refractivity contribution in [3.05, 3.63) is 83.2 Å². The molecular formula is C18H17FO2. The highest BCUT2D eigenvalue weighted by Gasteiger charge is 2.10. The van der Waals surface area contributed by atoms with E-state index in [2.05, 4.69) is 30.8 Å². The molecule has 2 aromatic carbocycles. The minimum Gasteiger partial charge on any atom is -0.478 e. The van der Waals surface area contributed by atoms with Crippen molar-refractivity contribution in [3.8, 4) is 0 Å². The highest BCUT2D eigenvalue weighted by molar-refractivity contribution is 5.87. The van der Waals surface area contributed by atoms with Crippen LogP contribution in [0.3, 0.4) is 0 Å². The van der Waals surface area contributed by atoms with Crippen molar-refractivity contribution in [3.63, 3.8) is 0 Å². The van der Waals surface area contributed by atoms with Gasteiger partial charge in [-0.05, 0) is 48.1 Å². The van der Waals surface area contributed by atoms with Crippen molar-refractivity contribution < 1.29 is 14.3 Å². The van der Waals surface area contributed by atoms with Gasteiger partial charge >= 0.3 is 5.97 Å². The summed E-state index contributed by atoms with van der Waals surface area (Å²) in [6.45, 7) is 3.70. The third-order valence-electron chi connectivity index (χ3n) is 3.37. The Kier molecular flexibility index (Phi) is 4.88. The van der Waals surface area contributed by atoms with Gasteiger partial charge in [0.05, 0.1) is 5.56 Å². The summed E-state index contributed by atoms with van der Waals surface area (Å²) in [5, 5.41) is 8.79. The van der Waals surface area contributed by atoms with Crippen LogP contribution in [0.1, 0.15) is 27.0 Å². The van der Waals surface area contributed by atoms with Gasteiger partial charge < -0.3 is 5.11 Å². The summed E-state index contributed by atoms with van der Waals surface area (Å²) in [6, 6.07) is 12.5. The van der Waals surface area contributed by atoms with Crippen LogP contribution in [0.2, 0.25) is 0 Å². The summed E-state index contributed by atoms with van der Waals surface area (Å²) >= 11 is 0. The molecular weight excluding hydrogens is 267 g/mol. The fourth-order valence-corrected chi connectivity index (χ4v) is 2.18. The van der Waals surface area contributed by atoms with E-state index in [-0.39, 0.29) is 5.56 Å². The van der Waals surface area contributed by atoms with Gasteiger partial charge in [0.25, 0.3) is 0 Å². The van der Waals surface area contributed by atoms with Gasteiger partial charge in [-0.25, -0.2) is 9.18 Å². The molecule has 0 radical (unpaired) electrons. The Bertz CT molecular complexity index is 645. The molecule has 0 aliphatic rings. The Morgan fingerprint density at radius 3 is 2.19 bits per heavy atom. The SMILES string of the molecule is C=CCc1ccc(CCc2ccc(C(=O)O)c(F)c2)cc1. The van der Waals surface area contributed by atoms with Crippen LogP contribution in [0.5, 0.6) is 0 Å². The van der Waals surface area contributed by atoms with Crippen molar-refractivity contribution in [1.82, 2.24) is 0 Å². The number of aromatic carboxylic acids is 1. The van der Waals surface area contributed by atoms with Crippen molar-refractivity contribution in [1.29, 1.82) is 0 Å². The van der Waals surface area contributed by atoms with Gasteiger partial charge in [0, 0.05) is 0 Å². The molecule has 21 heavy (non-hydrogen) atoms. The molecule has 3 heteroatoms. The monoisotopic (exact) mass is 284 g/mol. The maximum absolute atomic E-state index is 13.6. The van der Waals surface area contributed by atoms with Gasteiger partial charge in [-0.3, -0.25) is 0 Å². The Labute approximate surface area is 123 Å². The molecule has 0 aliphatic heterocycles. The van der Waals surface area contributed by atoms with Crippen LogP contribution < -0.4 is 0 Å². The second kappa shape index (κ2) is 6.84. The molecule has 0 saturated heterocycles. The standard InChI is InChI=1S/C18H17FO2/c1-2-3-13-4-6-14(7-5-13)8-9-15-10-11-16(18(20)21)17(19)12-15/h2,4-7,10-12H,1,3,8-9H2,(H,20,21). The van der Waals surface area contributed by atoms with Crippen LogP contribution in [0.25, 0.3) is 0 Å². The minimum atomic E-state index is -1.24. The van der Waals surface area contributed by atoms with E-state index < -0.39 is 11.8 Å². The van der Waals surface area contributed by atoms with Gasteiger partial charge in [0.15, 0.2) is 0 Å². The van der Waals surface area contributed by atoms with Crippen LogP contribution in [0.4, 0.5) is 4.39 Å². The average Bonchev–Trinajstić information content (AvgIpc) is 2.46. The molecule has 0 fully saturated rings. The maximum atomic E-state index is 13.6. The first-order valence-corrected chi connectivity index (χ1v) is 6.80. The minimum absolute atomic E-state index is 0.285. The number of hydrogen-bond acceptors (Lipinski definition) is 1. The number of rotatable bonds is 6. The summed E-state index contributed by atoms with van der Waals surface area (Å²) < 4.78 is 13.6. The molecule has 0 aliphatic carbocycles. The van der Waals surface area contributed by atoms with E-state index in [4.69, 9.17) is 5.11 Å². The molecule has 0 atom stereocenters. The lowest BCUT2D eigenvalue weighted by molar-refractivity contribution is 0.0692. The van der Waals surface area contributed by atoms with Gasteiger partial charge in [0.2, 0.25) is 0 Å². The number of hydrogen-bond donors (Lipinski definition) is 1. The molecule has 2 nitrogen and oxygen atoms in total. The second-order valence-corrected chi connectivity index (χ2v) is 4.93. The zero-order valence-corrected chi connectivity index (χ0v) is 11.7. The normalized spacial score (nSPS) is 10.3. The van der Waals surface area contributed by atoms with Gasteiger partial charge in [-0.1, -0.05) is 36.4 Å². The average molecular weight is 284 g/mol. The summed E-state index contributed by atoms with van der Waals surface area (Å²) in [7, 11) is 0. The van der Waals surface area contributed by atoms with Gasteiger partial charge in [-0.15, -0.1) is 6.58 Å². The lowest BCUT2D eigenvalue weighted by atomic mass is 10.0. The molecule has 0 heterocycles. The fraction of sp³-hybridized carbons (Fsp3) is 0.167. The first-order valence-electron chi connectivity index (χ1n) is 6.80. The number of benzene rings is 2. The van der Waals surface area contributed by atoms with Crippen molar-refractivity contribution in [2.75, 3.05) is 0 Å². The van der Waals surface area contributed by atoms with Crippen LogP contribution >= 0.6 is 0 Å². The first kappa shape index (κ1) is 15.0. The van der Waals surface area contributed by atoms with E-state index in [0.717, 1.165) is 18.4 Å². The van der Waals surface area contributed by atoms with Crippen molar-refractivity contribution in [2.45, 2.75) is 19.3 Å². The Balaban J connectivity index is 2.01. The van der Waals surface area contributed by atoms with E-state index in [9.17, 15) is 9.18 Å². The predicted molar refractivity (Wildman–Crippen MR) is 81.1 cm³/mol. The molecule has 0 saturated carbocycles. The summed E-state index contributed by atoms with van der Waals surface area (Å²) in [6.07, 6.45) is 4.18. The van der Waals surface area contributed by atoms with Crippen molar-refractivity contribution >= 4 is 5.97 Å². The molecule has 0 bridgehead atoms. The van der Waals surface area contributed by atoms with E-state index >= 15 is 0 Å². The number of halogens is 1. The predicted octanol–water partition coefficient (Wildman–Crippen LogP) is 4.04. The molecule has 108 valence electrons. The van der Waals surface area contributed by atoms with Crippen LogP contribution in [0, 0.1) is 5.82 Å². The van der Waals surface area contributed by atoms with E-state index in [1.54, 1.807) is 6.07 Å². The summed E-state index contributed by atoms with van der Waals surface area (Å²) in [5.41, 5.74) is 2.90. The number of carboxylic acid groups (broad SMARTS) is 1. The number of carbonyl (C=O) groups is 1. The summed E-state index contributed by atoms with van der Waals surface area (Å²) in [4.78, 5) is 10.8. The lowest BCUT2D eigenvalue weighted by Crippen LogP contribution is -2.01. The first-order chi connectivity index (χ1) is 10.1. The van der Waals surface area contributed by atoms with E-state index in [1.807, 2.05) is 6.08 Å². The third kappa shape index (κ3) is 4.02. The zero-order chi connectivity index (χ0) is 15.2. The number of carboxylic acids is 1. The molecule has 0 amide bonds. The van der Waals surface area contributed by atoms with Gasteiger partial charge in [-0.2, -0.15) is 0 Å². The second-order valence-electron chi connectivity index (χ2n) is 4.93. The fourth-order valence-electron chi connectivity index (χ4n) is 2.18. The van der Waals surface area contributed by atoms with E-state index in [1.165, 1.54) is 23.3 Å². The molecule has 0 spiro atoms. The Morgan fingerprint density at radius 1 is 1.05 bits per heavy atom. The lowest BCUT2D eigenvalue weighted by Gasteiger charge is -2.05. The quantitative estimate of drug-likeness (QED) is 0.813. The number of allylic oxidation sites excluding steroid dienone is 1. The molecule has 1 N–H and O–H groups in total. The number of aryl methyl sites for hydroxylation is 2. The third-order valence-corrected chi connectivity index (χ3v) is 3.37. The smallest absolute Gasteiger partial charge is 0.338 e. The molecule has 0 unspecified atom stereocenters. The molecule has 2 rings (SSSR count). The topological polar surface area (TPSA) is 37.3 Å². The maximum Gasteiger partial charge on any atom is 0.338 e. The van der Waals surface area contributed by atoms with Gasteiger partial charge in [0.1, 0.15) is 5.82 Å². The Hall–Kier alpha value is -2.42. The largest absolute Gasteiger partial charge is 0.478 e. The molecule has 0 aromatic heterocycles.